The van der Waals surface area contributed by atoms with Crippen molar-refractivity contribution in [3.63, 3.8) is 0 Å². The number of carbonyl (C=O) groups excluding carboxylic acids is 2. The highest BCUT2D eigenvalue weighted by Gasteiger charge is 2.54. The van der Waals surface area contributed by atoms with Crippen LogP contribution in [0.3, 0.4) is 0 Å². The Kier molecular flexibility index (Phi) is 5.51. The number of hydrogen-bond donors (Lipinski definition) is 2. The van der Waals surface area contributed by atoms with E-state index < -0.39 is 0 Å². The maximum atomic E-state index is 13.2. The van der Waals surface area contributed by atoms with E-state index in [1.165, 1.54) is 19.3 Å². The molecule has 6 nitrogen and oxygen atoms in total. The van der Waals surface area contributed by atoms with Gasteiger partial charge in [0.05, 0.1) is 5.41 Å². The summed E-state index contributed by atoms with van der Waals surface area (Å²) in [4.78, 5) is 30.2. The van der Waals surface area contributed by atoms with E-state index in [-0.39, 0.29) is 17.2 Å². The van der Waals surface area contributed by atoms with E-state index in [0.717, 1.165) is 68.9 Å². The first-order valence-corrected chi connectivity index (χ1v) is 12.0. The smallest absolute Gasteiger partial charge is 0.254 e. The van der Waals surface area contributed by atoms with E-state index >= 15 is 0 Å². The minimum absolute atomic E-state index is 0.0419. The van der Waals surface area contributed by atoms with Crippen LogP contribution < -0.4 is 10.6 Å². The second-order valence-corrected chi connectivity index (χ2v) is 10.7. The quantitative estimate of drug-likeness (QED) is 0.707. The van der Waals surface area contributed by atoms with Crippen LogP contribution in [0.25, 0.3) is 0 Å². The van der Waals surface area contributed by atoms with Gasteiger partial charge in [0.15, 0.2) is 5.11 Å². The number of rotatable bonds is 3. The highest BCUT2D eigenvalue weighted by atomic mass is 32.1. The van der Waals surface area contributed by atoms with Crippen molar-refractivity contribution in [2.24, 2.45) is 23.2 Å². The number of likely N-dealkylation sites (N-methyl/N-ethyl adjacent to an activating group) is 1. The summed E-state index contributed by atoms with van der Waals surface area (Å²) in [5, 5.41) is 6.44. The standard InChI is InChI=1S/C24H32N4O2S/c1-27-5-7-28(8-6-27)21(29)19-3-2-4-20(12-19)25-23(31)26-22(30)24-13-16-9-17(14-24)11-18(10-16)15-24/h2-4,12,16-18H,5-11,13-15H2,1H3,(H2,25,26,30,31). The van der Waals surface area contributed by atoms with E-state index in [4.69, 9.17) is 12.2 Å². The Labute approximate surface area is 189 Å². The SMILES string of the molecule is CN1CCN(C(=O)c2cccc(NC(=S)NC(=O)C34CC5CC(CC(C5)C3)C4)c2)CC1. The van der Waals surface area contributed by atoms with Crippen molar-refractivity contribution in [3.8, 4) is 0 Å². The second kappa shape index (κ2) is 8.17. The van der Waals surface area contributed by atoms with Gasteiger partial charge in [-0.1, -0.05) is 6.07 Å². The van der Waals surface area contributed by atoms with Crippen LogP contribution in [0, 0.1) is 23.2 Å². The topological polar surface area (TPSA) is 64.7 Å². The molecule has 166 valence electrons. The Balaban J connectivity index is 1.20. The van der Waals surface area contributed by atoms with Crippen LogP contribution in [-0.2, 0) is 4.79 Å². The molecular weight excluding hydrogens is 408 g/mol. The van der Waals surface area contributed by atoms with Crippen molar-refractivity contribution in [1.29, 1.82) is 0 Å². The predicted molar refractivity (Wildman–Crippen MR) is 125 cm³/mol. The van der Waals surface area contributed by atoms with Crippen molar-refractivity contribution in [1.82, 2.24) is 15.1 Å². The van der Waals surface area contributed by atoms with E-state index in [2.05, 4.69) is 22.6 Å². The number of anilines is 1. The zero-order valence-electron chi connectivity index (χ0n) is 18.2. The zero-order valence-corrected chi connectivity index (χ0v) is 19.0. The Morgan fingerprint density at radius 2 is 1.61 bits per heavy atom. The zero-order chi connectivity index (χ0) is 21.6. The molecule has 1 heterocycles. The van der Waals surface area contributed by atoms with E-state index in [1.807, 2.05) is 29.2 Å². The summed E-state index contributed by atoms with van der Waals surface area (Å²) in [6, 6.07) is 7.39. The Hall–Kier alpha value is -1.99. The van der Waals surface area contributed by atoms with Gasteiger partial charge >= 0.3 is 0 Å². The minimum Gasteiger partial charge on any atom is -0.336 e. The number of benzene rings is 1. The van der Waals surface area contributed by atoms with Crippen LogP contribution in [0.1, 0.15) is 48.9 Å². The average molecular weight is 441 g/mol. The molecule has 0 spiro atoms. The first-order chi connectivity index (χ1) is 14.9. The summed E-state index contributed by atoms with van der Waals surface area (Å²) in [5.74, 6) is 2.29. The molecule has 1 saturated heterocycles. The molecule has 31 heavy (non-hydrogen) atoms. The first-order valence-electron chi connectivity index (χ1n) is 11.6. The average Bonchev–Trinajstić information content (AvgIpc) is 2.73. The van der Waals surface area contributed by atoms with Gasteiger partial charge in [-0.25, -0.2) is 0 Å². The van der Waals surface area contributed by atoms with Crippen molar-refractivity contribution in [2.75, 3.05) is 38.5 Å². The Bertz CT molecular complexity index is 858. The van der Waals surface area contributed by atoms with Gasteiger partial charge in [-0.3, -0.25) is 9.59 Å². The fourth-order valence-corrected chi connectivity index (χ4v) is 6.92. The lowest BCUT2D eigenvalue weighted by atomic mass is 9.49. The fourth-order valence-electron chi connectivity index (χ4n) is 6.71. The van der Waals surface area contributed by atoms with Crippen molar-refractivity contribution in [2.45, 2.75) is 38.5 Å². The minimum atomic E-state index is -0.222. The molecule has 0 atom stereocenters. The summed E-state index contributed by atoms with van der Waals surface area (Å²) < 4.78 is 0. The molecule has 7 heteroatoms. The van der Waals surface area contributed by atoms with E-state index in [0.29, 0.717) is 10.7 Å². The third kappa shape index (κ3) is 4.22. The van der Waals surface area contributed by atoms with Gasteiger partial charge < -0.3 is 20.4 Å². The van der Waals surface area contributed by atoms with Crippen molar-refractivity contribution < 1.29 is 9.59 Å². The third-order valence-corrected chi connectivity index (χ3v) is 8.11. The molecule has 2 amide bonds. The number of carbonyl (C=O) groups is 2. The molecule has 4 bridgehead atoms. The van der Waals surface area contributed by atoms with Crippen LogP contribution in [0.2, 0.25) is 0 Å². The molecule has 6 rings (SSSR count). The molecule has 4 saturated carbocycles. The summed E-state index contributed by atoms with van der Waals surface area (Å²) in [7, 11) is 2.07. The molecule has 4 aliphatic carbocycles. The molecule has 5 aliphatic rings. The van der Waals surface area contributed by atoms with Crippen LogP contribution in [0.5, 0.6) is 0 Å². The van der Waals surface area contributed by atoms with Gasteiger partial charge in [-0.15, -0.1) is 0 Å². The number of piperazine rings is 1. The predicted octanol–water partition coefficient (Wildman–Crippen LogP) is 3.10. The number of thiocarbonyl (C=S) groups is 1. The van der Waals surface area contributed by atoms with Crippen LogP contribution in [0.15, 0.2) is 24.3 Å². The lowest BCUT2D eigenvalue weighted by Gasteiger charge is -2.55. The summed E-state index contributed by atoms with van der Waals surface area (Å²) >= 11 is 5.47. The molecule has 0 radical (unpaired) electrons. The largest absolute Gasteiger partial charge is 0.336 e. The second-order valence-electron chi connectivity index (χ2n) is 10.3. The summed E-state index contributed by atoms with van der Waals surface area (Å²) in [6.45, 7) is 3.27. The molecule has 0 unspecified atom stereocenters. The molecule has 5 fully saturated rings. The van der Waals surface area contributed by atoms with Crippen LogP contribution in [0.4, 0.5) is 5.69 Å². The van der Waals surface area contributed by atoms with Gasteiger partial charge in [0.1, 0.15) is 0 Å². The van der Waals surface area contributed by atoms with Gasteiger partial charge in [0.2, 0.25) is 5.91 Å². The highest BCUT2D eigenvalue weighted by molar-refractivity contribution is 7.80. The number of hydrogen-bond acceptors (Lipinski definition) is 4. The lowest BCUT2D eigenvalue weighted by molar-refractivity contribution is -0.144. The first kappa shape index (κ1) is 20.9. The third-order valence-electron chi connectivity index (χ3n) is 7.90. The van der Waals surface area contributed by atoms with Crippen LogP contribution >= 0.6 is 12.2 Å². The maximum absolute atomic E-state index is 13.2. The molecule has 1 aromatic carbocycles. The Morgan fingerprint density at radius 1 is 1.00 bits per heavy atom. The summed E-state index contributed by atoms with van der Waals surface area (Å²) in [6.07, 6.45) is 6.98. The van der Waals surface area contributed by atoms with Crippen molar-refractivity contribution in [3.05, 3.63) is 29.8 Å². The monoisotopic (exact) mass is 440 g/mol. The molecular formula is C24H32N4O2S. The van der Waals surface area contributed by atoms with Gasteiger partial charge in [-0.05, 0) is 93.7 Å². The molecule has 0 aromatic heterocycles. The fraction of sp³-hybridized carbons (Fsp3) is 0.625. The molecule has 1 aromatic rings. The number of nitrogens with one attached hydrogen (secondary N) is 2. The number of nitrogens with zero attached hydrogens (tertiary/aromatic N) is 2. The van der Waals surface area contributed by atoms with Crippen molar-refractivity contribution >= 4 is 34.8 Å². The normalized spacial score (nSPS) is 32.0. The van der Waals surface area contributed by atoms with Crippen LogP contribution in [-0.4, -0.2) is 60.0 Å². The van der Waals surface area contributed by atoms with Gasteiger partial charge in [0, 0.05) is 37.4 Å². The van der Waals surface area contributed by atoms with Gasteiger partial charge in [0.25, 0.3) is 5.91 Å². The summed E-state index contributed by atoms with van der Waals surface area (Å²) in [5.41, 5.74) is 1.15. The molecule has 1 aliphatic heterocycles. The molecule has 2 N–H and O–H groups in total. The van der Waals surface area contributed by atoms with E-state index in [1.54, 1.807) is 0 Å². The maximum Gasteiger partial charge on any atom is 0.254 e. The van der Waals surface area contributed by atoms with Gasteiger partial charge in [-0.2, -0.15) is 0 Å². The highest BCUT2D eigenvalue weighted by Crippen LogP contribution is 2.60. The van der Waals surface area contributed by atoms with E-state index in [9.17, 15) is 9.59 Å². The Morgan fingerprint density at radius 3 is 2.23 bits per heavy atom. The number of amides is 2. The lowest BCUT2D eigenvalue weighted by Crippen LogP contribution is -2.55.